The van der Waals surface area contributed by atoms with Crippen LogP contribution < -0.4 is 10.1 Å². The summed E-state index contributed by atoms with van der Waals surface area (Å²) in [5.74, 6) is 1.80. The van der Waals surface area contributed by atoms with Crippen LogP contribution in [0.4, 0.5) is 5.82 Å². The standard InChI is InChI=1S/C24H18N4O2/c1-30-18-8-9-20-19(13-18)24(28-23(26-20)17-7-4-10-25-14-17)27-21-11-15-5-2-3-6-16(15)12-22(21)29/h2-11,13-14H,12H2,1H3,(H,26,27,28). The molecule has 0 atom stereocenters. The van der Waals surface area contributed by atoms with Crippen LogP contribution in [0, 0.1) is 0 Å². The molecule has 0 amide bonds. The highest BCUT2D eigenvalue weighted by molar-refractivity contribution is 6.07. The molecule has 1 aliphatic carbocycles. The van der Waals surface area contributed by atoms with Crippen LogP contribution in [0.3, 0.4) is 0 Å². The number of carbonyl (C=O) groups is 1. The second-order valence-electron chi connectivity index (χ2n) is 7.00. The molecule has 0 aliphatic heterocycles. The average Bonchev–Trinajstić information content (AvgIpc) is 2.79. The number of ketones is 1. The van der Waals surface area contributed by atoms with Gasteiger partial charge in [0, 0.05) is 29.8 Å². The van der Waals surface area contributed by atoms with Gasteiger partial charge in [0.1, 0.15) is 11.6 Å². The number of Topliss-reactive ketones (excluding diaryl/α,β-unsaturated/α-hetero) is 1. The minimum Gasteiger partial charge on any atom is -0.497 e. The Balaban J connectivity index is 1.65. The normalized spacial score (nSPS) is 13.0. The van der Waals surface area contributed by atoms with Crippen molar-refractivity contribution >= 4 is 28.6 Å². The predicted molar refractivity (Wildman–Crippen MR) is 116 cm³/mol. The van der Waals surface area contributed by atoms with Crippen LogP contribution in [0.1, 0.15) is 11.1 Å². The van der Waals surface area contributed by atoms with E-state index in [1.807, 2.05) is 60.7 Å². The summed E-state index contributed by atoms with van der Waals surface area (Å²) in [5, 5.41) is 4.03. The van der Waals surface area contributed by atoms with Gasteiger partial charge in [0.05, 0.1) is 18.3 Å². The first kappa shape index (κ1) is 18.0. The molecule has 0 bridgehead atoms. The number of ether oxygens (including phenoxy) is 1. The summed E-state index contributed by atoms with van der Waals surface area (Å²) in [6, 6.07) is 17.2. The Kier molecular flexibility index (Phi) is 4.44. The van der Waals surface area contributed by atoms with E-state index in [0.717, 1.165) is 27.6 Å². The van der Waals surface area contributed by atoms with Crippen molar-refractivity contribution in [2.75, 3.05) is 12.4 Å². The van der Waals surface area contributed by atoms with E-state index in [1.165, 1.54) is 0 Å². The maximum Gasteiger partial charge on any atom is 0.183 e. The number of rotatable bonds is 4. The first-order valence-corrected chi connectivity index (χ1v) is 9.57. The van der Waals surface area contributed by atoms with Crippen LogP contribution in [0.2, 0.25) is 0 Å². The van der Waals surface area contributed by atoms with Gasteiger partial charge in [0.15, 0.2) is 11.6 Å². The molecule has 2 aromatic heterocycles. The first-order chi connectivity index (χ1) is 14.7. The fraction of sp³-hybridized carbons (Fsp3) is 0.0833. The van der Waals surface area contributed by atoms with Crippen LogP contribution in [-0.4, -0.2) is 27.8 Å². The molecule has 6 nitrogen and oxygen atoms in total. The highest BCUT2D eigenvalue weighted by Gasteiger charge is 2.20. The molecule has 0 radical (unpaired) electrons. The third-order valence-corrected chi connectivity index (χ3v) is 5.08. The van der Waals surface area contributed by atoms with Crippen LogP contribution in [0.5, 0.6) is 5.75 Å². The molecule has 0 unspecified atom stereocenters. The van der Waals surface area contributed by atoms with E-state index >= 15 is 0 Å². The molecule has 0 saturated carbocycles. The molecule has 6 heteroatoms. The number of aromatic nitrogens is 3. The lowest BCUT2D eigenvalue weighted by atomic mass is 9.94. The number of pyridine rings is 1. The van der Waals surface area contributed by atoms with Crippen molar-refractivity contribution in [1.82, 2.24) is 15.0 Å². The number of anilines is 1. The zero-order valence-electron chi connectivity index (χ0n) is 16.3. The Morgan fingerprint density at radius 2 is 1.93 bits per heavy atom. The molecular formula is C24H18N4O2. The van der Waals surface area contributed by atoms with Crippen molar-refractivity contribution in [3.8, 4) is 17.1 Å². The van der Waals surface area contributed by atoms with Crippen molar-refractivity contribution in [3.63, 3.8) is 0 Å². The molecule has 30 heavy (non-hydrogen) atoms. The lowest BCUT2D eigenvalue weighted by molar-refractivity contribution is -0.114. The number of nitrogens with zero attached hydrogens (tertiary/aromatic N) is 3. The lowest BCUT2D eigenvalue weighted by Gasteiger charge is -2.18. The minimum absolute atomic E-state index is 0.0197. The van der Waals surface area contributed by atoms with Gasteiger partial charge in [-0.3, -0.25) is 9.78 Å². The van der Waals surface area contributed by atoms with Crippen LogP contribution in [-0.2, 0) is 11.2 Å². The maximum atomic E-state index is 12.8. The van der Waals surface area contributed by atoms with Crippen molar-refractivity contribution in [1.29, 1.82) is 0 Å². The highest BCUT2D eigenvalue weighted by atomic mass is 16.5. The van der Waals surface area contributed by atoms with Gasteiger partial charge >= 0.3 is 0 Å². The van der Waals surface area contributed by atoms with Gasteiger partial charge in [0.2, 0.25) is 0 Å². The highest BCUT2D eigenvalue weighted by Crippen LogP contribution is 2.30. The molecule has 4 aromatic rings. The third kappa shape index (κ3) is 3.28. The number of nitrogens with one attached hydrogen (secondary N) is 1. The van der Waals surface area contributed by atoms with E-state index in [-0.39, 0.29) is 5.78 Å². The Morgan fingerprint density at radius 1 is 1.03 bits per heavy atom. The smallest absolute Gasteiger partial charge is 0.183 e. The van der Waals surface area contributed by atoms with Gasteiger partial charge in [-0.2, -0.15) is 0 Å². The zero-order chi connectivity index (χ0) is 20.5. The summed E-state index contributed by atoms with van der Waals surface area (Å²) in [6.07, 6.45) is 5.66. The van der Waals surface area contributed by atoms with E-state index in [0.29, 0.717) is 29.5 Å². The van der Waals surface area contributed by atoms with E-state index in [2.05, 4.69) is 15.3 Å². The topological polar surface area (TPSA) is 77.0 Å². The molecule has 5 rings (SSSR count). The third-order valence-electron chi connectivity index (χ3n) is 5.08. The van der Waals surface area contributed by atoms with Crippen LogP contribution in [0.25, 0.3) is 28.4 Å². The number of methoxy groups -OCH3 is 1. The van der Waals surface area contributed by atoms with Gasteiger partial charge in [-0.15, -0.1) is 0 Å². The molecule has 0 fully saturated rings. The van der Waals surface area contributed by atoms with Gasteiger partial charge in [-0.05, 0) is 47.5 Å². The number of hydrogen-bond donors (Lipinski definition) is 1. The Bertz CT molecular complexity index is 1300. The minimum atomic E-state index is 0.0197. The second kappa shape index (κ2) is 7.40. The monoisotopic (exact) mass is 394 g/mol. The van der Waals surface area contributed by atoms with Gasteiger partial charge in [-0.25, -0.2) is 9.97 Å². The van der Waals surface area contributed by atoms with Gasteiger partial charge < -0.3 is 10.1 Å². The van der Waals surface area contributed by atoms with E-state index < -0.39 is 0 Å². The SMILES string of the molecule is COc1ccc2nc(-c3cccnc3)nc(NC3=Cc4ccccc4CC3=O)c2c1. The van der Waals surface area contributed by atoms with Gasteiger partial charge in [0.25, 0.3) is 0 Å². The largest absolute Gasteiger partial charge is 0.497 e. The zero-order valence-corrected chi connectivity index (χ0v) is 16.3. The van der Waals surface area contributed by atoms with Crippen LogP contribution in [0.15, 0.2) is 72.7 Å². The molecule has 146 valence electrons. The fourth-order valence-corrected chi connectivity index (χ4v) is 3.53. The molecular weight excluding hydrogens is 376 g/mol. The molecule has 1 N–H and O–H groups in total. The predicted octanol–water partition coefficient (Wildman–Crippen LogP) is 4.28. The molecule has 2 heterocycles. The van der Waals surface area contributed by atoms with Crippen LogP contribution >= 0.6 is 0 Å². The molecule has 1 aliphatic rings. The number of benzene rings is 2. The summed E-state index contributed by atoms with van der Waals surface area (Å²) in [5.41, 5.74) is 4.11. The molecule has 2 aromatic carbocycles. The number of allylic oxidation sites excluding steroid dienone is 1. The summed E-state index contributed by atoms with van der Waals surface area (Å²) in [4.78, 5) is 26.3. The summed E-state index contributed by atoms with van der Waals surface area (Å²) in [6.45, 7) is 0. The van der Waals surface area contributed by atoms with Gasteiger partial charge in [-0.1, -0.05) is 24.3 Å². The van der Waals surface area contributed by atoms with E-state index in [1.54, 1.807) is 19.5 Å². The Labute approximate surface area is 173 Å². The number of hydrogen-bond acceptors (Lipinski definition) is 6. The van der Waals surface area contributed by atoms with Crippen molar-refractivity contribution < 1.29 is 9.53 Å². The maximum absolute atomic E-state index is 12.8. The summed E-state index contributed by atoms with van der Waals surface area (Å²) >= 11 is 0. The number of carbonyl (C=O) groups excluding carboxylic acids is 1. The quantitative estimate of drug-likeness (QED) is 0.557. The Morgan fingerprint density at radius 3 is 2.77 bits per heavy atom. The van der Waals surface area contributed by atoms with E-state index in [9.17, 15) is 4.79 Å². The van der Waals surface area contributed by atoms with E-state index in [4.69, 9.17) is 9.72 Å². The summed E-state index contributed by atoms with van der Waals surface area (Å²) in [7, 11) is 1.61. The first-order valence-electron chi connectivity index (χ1n) is 9.57. The average molecular weight is 394 g/mol. The fourth-order valence-electron chi connectivity index (χ4n) is 3.53. The number of fused-ring (bicyclic) bond motifs is 2. The molecule has 0 spiro atoms. The van der Waals surface area contributed by atoms with Crippen molar-refractivity contribution in [3.05, 3.63) is 83.8 Å². The summed E-state index contributed by atoms with van der Waals surface area (Å²) < 4.78 is 5.37. The second-order valence-corrected chi connectivity index (χ2v) is 7.00. The lowest BCUT2D eigenvalue weighted by Crippen LogP contribution is -2.19. The molecule has 0 saturated heterocycles. The van der Waals surface area contributed by atoms with Crippen molar-refractivity contribution in [2.45, 2.75) is 6.42 Å². The van der Waals surface area contributed by atoms with Crippen molar-refractivity contribution in [2.24, 2.45) is 0 Å². The Hall–Kier alpha value is -4.06.